The Morgan fingerprint density at radius 3 is 2.43 bits per heavy atom. The number of aromatic nitrogens is 3. The van der Waals surface area contributed by atoms with E-state index < -0.39 is 0 Å². The van der Waals surface area contributed by atoms with Crippen LogP contribution in [0.2, 0.25) is 0 Å². The molecule has 0 amide bonds. The van der Waals surface area contributed by atoms with Crippen molar-refractivity contribution in [1.82, 2.24) is 14.4 Å². The van der Waals surface area contributed by atoms with Crippen molar-refractivity contribution in [3.63, 3.8) is 0 Å². The molecule has 4 aromatic carbocycles. The number of para-hydroxylation sites is 2. The van der Waals surface area contributed by atoms with Crippen molar-refractivity contribution >= 4 is 38.5 Å². The summed E-state index contributed by atoms with van der Waals surface area (Å²) >= 11 is 0. The predicted molar refractivity (Wildman–Crippen MR) is 142 cm³/mol. The van der Waals surface area contributed by atoms with Gasteiger partial charge in [0.05, 0.1) is 11.0 Å². The molecule has 3 nitrogen and oxygen atoms in total. The van der Waals surface area contributed by atoms with E-state index >= 15 is 0 Å². The first kappa shape index (κ1) is 17.9. The van der Waals surface area contributed by atoms with E-state index in [1.807, 2.05) is 12.3 Å². The first-order chi connectivity index (χ1) is 17.4. The minimum atomic E-state index is 0.964. The molecule has 0 aliphatic heterocycles. The molecule has 0 spiro atoms. The van der Waals surface area contributed by atoms with Crippen molar-refractivity contribution in [3.8, 4) is 22.3 Å². The maximum atomic E-state index is 5.17. The zero-order chi connectivity index (χ0) is 22.7. The smallest absolute Gasteiger partial charge is 0.148 e. The minimum Gasteiger partial charge on any atom is -0.276 e. The maximum Gasteiger partial charge on any atom is 0.148 e. The fourth-order valence-corrected chi connectivity index (χ4v) is 6.65. The molecular formula is C32H19N3. The van der Waals surface area contributed by atoms with Crippen LogP contribution in [-0.4, -0.2) is 14.4 Å². The number of fused-ring (bicyclic) bond motifs is 16. The molecule has 2 aliphatic rings. The topological polar surface area (TPSA) is 30.2 Å². The highest BCUT2D eigenvalue weighted by atomic mass is 15.1. The lowest BCUT2D eigenvalue weighted by Gasteiger charge is -2.13. The Morgan fingerprint density at radius 1 is 0.600 bits per heavy atom. The third-order valence-corrected chi connectivity index (χ3v) is 8.11. The second kappa shape index (κ2) is 6.13. The zero-order valence-electron chi connectivity index (χ0n) is 18.9. The van der Waals surface area contributed by atoms with E-state index in [9.17, 15) is 0 Å². The molecule has 162 valence electrons. The molecule has 0 fully saturated rings. The van der Waals surface area contributed by atoms with Crippen LogP contribution in [0.1, 0.15) is 22.3 Å². The van der Waals surface area contributed by atoms with E-state index in [0.29, 0.717) is 0 Å². The molecule has 0 saturated heterocycles. The summed E-state index contributed by atoms with van der Waals surface area (Å²) in [7, 11) is 0. The lowest BCUT2D eigenvalue weighted by atomic mass is 9.94. The number of imidazole rings is 1. The third kappa shape index (κ3) is 2.12. The summed E-state index contributed by atoms with van der Waals surface area (Å²) in [4.78, 5) is 9.98. The van der Waals surface area contributed by atoms with Crippen molar-refractivity contribution < 1.29 is 0 Å². The summed E-state index contributed by atoms with van der Waals surface area (Å²) in [5.74, 6) is 0. The van der Waals surface area contributed by atoms with Crippen LogP contribution in [0.25, 0.3) is 60.7 Å². The van der Waals surface area contributed by atoms with E-state index in [1.165, 1.54) is 60.7 Å². The molecule has 3 aromatic heterocycles. The third-order valence-electron chi connectivity index (χ3n) is 8.11. The highest BCUT2D eigenvalue weighted by Gasteiger charge is 2.30. The van der Waals surface area contributed by atoms with Crippen molar-refractivity contribution in [2.45, 2.75) is 12.8 Å². The molecule has 0 saturated carbocycles. The monoisotopic (exact) mass is 445 g/mol. The Kier molecular flexibility index (Phi) is 3.14. The van der Waals surface area contributed by atoms with E-state index in [4.69, 9.17) is 9.97 Å². The average molecular weight is 446 g/mol. The van der Waals surface area contributed by atoms with Gasteiger partial charge in [-0.25, -0.2) is 9.97 Å². The second-order valence-electron chi connectivity index (χ2n) is 9.78. The predicted octanol–water partition coefficient (Wildman–Crippen LogP) is 7.33. The van der Waals surface area contributed by atoms with Gasteiger partial charge in [0.15, 0.2) is 0 Å². The highest BCUT2D eigenvalue weighted by molar-refractivity contribution is 6.19. The van der Waals surface area contributed by atoms with Gasteiger partial charge in [-0.2, -0.15) is 0 Å². The van der Waals surface area contributed by atoms with E-state index in [0.717, 1.165) is 35.2 Å². The quantitative estimate of drug-likeness (QED) is 0.229. The van der Waals surface area contributed by atoms with E-state index in [1.54, 1.807) is 0 Å². The molecular weight excluding hydrogens is 426 g/mol. The number of pyridine rings is 2. The molecule has 0 bridgehead atoms. The van der Waals surface area contributed by atoms with Gasteiger partial charge < -0.3 is 0 Å². The summed E-state index contributed by atoms with van der Waals surface area (Å²) < 4.78 is 2.26. The van der Waals surface area contributed by atoms with Gasteiger partial charge >= 0.3 is 0 Å². The summed E-state index contributed by atoms with van der Waals surface area (Å²) in [6, 6.07) is 30.8. The van der Waals surface area contributed by atoms with Crippen molar-refractivity contribution in [3.05, 3.63) is 113 Å². The summed E-state index contributed by atoms with van der Waals surface area (Å²) in [5.41, 5.74) is 15.4. The van der Waals surface area contributed by atoms with Crippen LogP contribution in [0, 0.1) is 0 Å². The molecule has 7 aromatic rings. The van der Waals surface area contributed by atoms with Crippen LogP contribution in [0.15, 0.2) is 91.1 Å². The molecule has 0 radical (unpaired) electrons. The fourth-order valence-electron chi connectivity index (χ4n) is 6.65. The van der Waals surface area contributed by atoms with Gasteiger partial charge in [0, 0.05) is 17.0 Å². The van der Waals surface area contributed by atoms with Gasteiger partial charge in [-0.1, -0.05) is 60.7 Å². The Labute approximate surface area is 201 Å². The van der Waals surface area contributed by atoms with Crippen LogP contribution >= 0.6 is 0 Å². The molecule has 2 aliphatic carbocycles. The van der Waals surface area contributed by atoms with Gasteiger partial charge in [0.1, 0.15) is 11.3 Å². The van der Waals surface area contributed by atoms with Crippen LogP contribution in [0.4, 0.5) is 0 Å². The van der Waals surface area contributed by atoms with Crippen LogP contribution in [-0.2, 0) is 12.8 Å². The van der Waals surface area contributed by atoms with Gasteiger partial charge in [-0.3, -0.25) is 4.40 Å². The molecule has 0 N–H and O–H groups in total. The Hall–Kier alpha value is -4.50. The normalized spacial score (nSPS) is 13.5. The van der Waals surface area contributed by atoms with Crippen molar-refractivity contribution in [1.29, 1.82) is 0 Å². The van der Waals surface area contributed by atoms with Crippen molar-refractivity contribution in [2.75, 3.05) is 0 Å². The highest BCUT2D eigenvalue weighted by Crippen LogP contribution is 2.49. The number of rotatable bonds is 0. The zero-order valence-corrected chi connectivity index (χ0v) is 18.9. The SMILES string of the molecule is c1ccc2c(c1)Cc1c-2ccc2c1Cc1ccc3c4cccnc4n4c5ccccc5nc4c3c1-2. The number of benzene rings is 4. The number of hydrogen-bond acceptors (Lipinski definition) is 2. The van der Waals surface area contributed by atoms with Crippen LogP contribution < -0.4 is 0 Å². The second-order valence-corrected chi connectivity index (χ2v) is 9.78. The van der Waals surface area contributed by atoms with E-state index in [-0.39, 0.29) is 0 Å². The average Bonchev–Trinajstić information content (AvgIpc) is 3.59. The Bertz CT molecular complexity index is 2060. The fraction of sp³-hybridized carbons (Fsp3) is 0.0625. The van der Waals surface area contributed by atoms with Crippen LogP contribution in [0.3, 0.4) is 0 Å². The first-order valence-electron chi connectivity index (χ1n) is 12.2. The Morgan fingerprint density at radius 2 is 1.43 bits per heavy atom. The van der Waals surface area contributed by atoms with Gasteiger partial charge in [-0.15, -0.1) is 0 Å². The largest absolute Gasteiger partial charge is 0.276 e. The molecule has 0 unspecified atom stereocenters. The summed E-state index contributed by atoms with van der Waals surface area (Å²) in [5, 5.41) is 3.64. The van der Waals surface area contributed by atoms with Crippen molar-refractivity contribution in [2.24, 2.45) is 0 Å². The summed E-state index contributed by atoms with van der Waals surface area (Å²) in [6.45, 7) is 0. The summed E-state index contributed by atoms with van der Waals surface area (Å²) in [6.07, 6.45) is 3.89. The molecule has 0 atom stereocenters. The lowest BCUT2D eigenvalue weighted by Crippen LogP contribution is -1.95. The van der Waals surface area contributed by atoms with Gasteiger partial charge in [0.25, 0.3) is 0 Å². The lowest BCUT2D eigenvalue weighted by molar-refractivity contribution is 1.16. The van der Waals surface area contributed by atoms with Crippen LogP contribution in [0.5, 0.6) is 0 Å². The van der Waals surface area contributed by atoms with Gasteiger partial charge in [0.2, 0.25) is 0 Å². The number of nitrogens with zero attached hydrogens (tertiary/aromatic N) is 3. The standard InChI is InChI=1S/C32H19N3/c1-2-7-20-18(6-1)16-25-21(20)13-14-23-26(25)17-19-11-12-22-24-8-5-15-33-31(24)35-28-10-4-3-9-27(28)34-32(35)30(22)29(19)23/h1-15H,16-17H2. The number of hydrogen-bond donors (Lipinski definition) is 0. The molecule has 35 heavy (non-hydrogen) atoms. The minimum absolute atomic E-state index is 0.964. The molecule has 3 heterocycles. The maximum absolute atomic E-state index is 5.17. The van der Waals surface area contributed by atoms with E-state index in [2.05, 4.69) is 83.3 Å². The molecule has 9 rings (SSSR count). The first-order valence-corrected chi connectivity index (χ1v) is 12.2. The Balaban J connectivity index is 1.45. The molecule has 3 heteroatoms. The van der Waals surface area contributed by atoms with Gasteiger partial charge in [-0.05, 0) is 87.0 Å².